The fraction of sp³-hybridized carbons (Fsp3) is 0.250. The summed E-state index contributed by atoms with van der Waals surface area (Å²) in [5.41, 5.74) is 5.84. The molecular formula is C24H32N2O2RfSi2-2. The molecule has 0 saturated heterocycles. The van der Waals surface area contributed by atoms with Crippen LogP contribution >= 0.6 is 0 Å². The summed E-state index contributed by atoms with van der Waals surface area (Å²) in [6, 6.07) is 16.0. The first kappa shape index (κ1) is 27.3. The summed E-state index contributed by atoms with van der Waals surface area (Å²) in [4.78, 5) is 24.0. The Balaban J connectivity index is 0.000000562. The molecule has 0 atom stereocenters. The van der Waals surface area contributed by atoms with E-state index in [-0.39, 0.29) is 0 Å². The van der Waals surface area contributed by atoms with E-state index in [9.17, 15) is 9.59 Å². The number of benzene rings is 2. The van der Waals surface area contributed by atoms with Gasteiger partial charge in [0, 0.05) is 0 Å². The number of rotatable bonds is 8. The predicted octanol–water partition coefficient (Wildman–Crippen LogP) is 3.66. The first-order chi connectivity index (χ1) is 14.0. The molecule has 0 bridgehead atoms. The molecule has 0 aliphatic carbocycles. The van der Waals surface area contributed by atoms with Gasteiger partial charge in [-0.05, 0) is 14.1 Å². The predicted molar refractivity (Wildman–Crippen MR) is 136 cm³/mol. The van der Waals surface area contributed by atoms with Crippen LogP contribution in [0.2, 0.25) is 26.2 Å². The average molecular weight is 704 g/mol. The van der Waals surface area contributed by atoms with Gasteiger partial charge in [-0.15, -0.1) is 48.8 Å². The largest absolute Gasteiger partial charge is 0.479 e. The fourth-order valence-corrected chi connectivity index (χ4v) is 5.13. The Hall–Kier alpha value is -3.71. The van der Waals surface area contributed by atoms with Crippen molar-refractivity contribution in [2.45, 2.75) is 26.2 Å². The molecule has 0 spiro atoms. The molecule has 0 aromatic heterocycles. The van der Waals surface area contributed by atoms with E-state index in [1.54, 1.807) is 14.1 Å². The van der Waals surface area contributed by atoms with Gasteiger partial charge in [0.25, 0.3) is 0 Å². The van der Waals surface area contributed by atoms with Gasteiger partial charge in [-0.25, -0.2) is 0 Å². The molecule has 0 aliphatic heterocycles. The molecule has 2 aromatic carbocycles. The number of nitrogens with zero attached hydrogens (tertiary/aromatic N) is 2. The second-order valence-electron chi connectivity index (χ2n) is 8.25. The summed E-state index contributed by atoms with van der Waals surface area (Å²) < 4.78 is 0. The van der Waals surface area contributed by atoms with Crippen molar-refractivity contribution in [2.24, 2.45) is 0 Å². The van der Waals surface area contributed by atoms with Crippen molar-refractivity contribution in [3.8, 4) is 0 Å². The Morgan fingerprint density at radius 3 is 1.32 bits per heavy atom. The first-order valence-corrected chi connectivity index (χ1v) is 15.9. The van der Waals surface area contributed by atoms with Crippen molar-refractivity contribution in [2.75, 3.05) is 23.9 Å². The third-order valence-corrected chi connectivity index (χ3v) is 10.9. The van der Waals surface area contributed by atoms with E-state index in [2.05, 4.69) is 51.5 Å². The van der Waals surface area contributed by atoms with Gasteiger partial charge < -0.3 is 19.4 Å². The summed E-state index contributed by atoms with van der Waals surface area (Å²) in [5.74, 6) is 0. The van der Waals surface area contributed by atoms with Gasteiger partial charge in [0.1, 0.15) is 16.1 Å². The van der Waals surface area contributed by atoms with E-state index in [0.717, 1.165) is 11.4 Å². The van der Waals surface area contributed by atoms with E-state index in [1.807, 2.05) is 60.6 Å². The molecule has 2 rings (SSSR count). The third kappa shape index (κ3) is 7.24. The quantitative estimate of drug-likeness (QED) is 0.240. The SMILES string of the molecule is C=C[Si](C)(C)c1cccc(N(C)[C-]=O)c1.C=C[Si](C)(C)c1cccc(N(C)[C-]=O)c1.[Rf]. The molecule has 0 N–H and O–H groups in total. The first-order valence-electron chi connectivity index (χ1n) is 9.73. The zero-order valence-electron chi connectivity index (χ0n) is 19.6. The zero-order chi connectivity index (χ0) is 22.9. The standard InChI is InChI=1S/2C12H16NOSi.Rf/c2*1-5-15(3,4)12-8-6-7-11(9-12)13(2)10-14;/h2*5-9H,1H2,2-4H3;/q2*-1;. The number of amides is 2. The van der Waals surface area contributed by atoms with Gasteiger partial charge in [-0.2, -0.15) is 0 Å². The van der Waals surface area contributed by atoms with Crippen LogP contribution < -0.4 is 20.2 Å². The molecule has 0 radical (unpaired) electrons. The molecule has 162 valence electrons. The minimum Gasteiger partial charge on any atom is -0.479 e. The number of hydrogen-bond acceptors (Lipinski definition) is 2. The summed E-state index contributed by atoms with van der Waals surface area (Å²) in [6.07, 6.45) is 3.70. The van der Waals surface area contributed by atoms with Crippen LogP contribution in [0.25, 0.3) is 0 Å². The minimum absolute atomic E-state index is 0. The Bertz CT molecular complexity index is 827. The van der Waals surface area contributed by atoms with Crippen LogP contribution in [0.5, 0.6) is 0 Å². The number of hydrogen-bond donors (Lipinski definition) is 0. The Morgan fingerprint density at radius 2 is 1.06 bits per heavy atom. The summed E-state index contributed by atoms with van der Waals surface area (Å²) >= 11 is 0. The molecule has 4 nitrogen and oxygen atoms in total. The molecule has 0 fully saturated rings. The van der Waals surface area contributed by atoms with Gasteiger partial charge in [0.05, 0.1) is 12.8 Å². The topological polar surface area (TPSA) is 40.6 Å². The van der Waals surface area contributed by atoms with Crippen molar-refractivity contribution in [1.29, 1.82) is 0 Å². The summed E-state index contributed by atoms with van der Waals surface area (Å²) in [7, 11) is 0.334. The second kappa shape index (κ2) is 11.5. The maximum Gasteiger partial charge on any atom is 0.101 e. The molecule has 0 aliphatic rings. The monoisotopic (exact) mass is 703 g/mol. The van der Waals surface area contributed by atoms with Crippen molar-refractivity contribution in [3.05, 3.63) is 73.1 Å². The van der Waals surface area contributed by atoms with Crippen LogP contribution in [0.15, 0.2) is 73.1 Å². The Kier molecular flexibility index (Phi) is 10.1. The smallest absolute Gasteiger partial charge is 0.101 e. The van der Waals surface area contributed by atoms with Gasteiger partial charge in [-0.3, -0.25) is 0 Å². The van der Waals surface area contributed by atoms with E-state index in [0.29, 0.717) is 0 Å². The Morgan fingerprint density at radius 1 is 0.742 bits per heavy atom. The molecule has 0 saturated carbocycles. The van der Waals surface area contributed by atoms with E-state index >= 15 is 0 Å². The fourth-order valence-electron chi connectivity index (χ4n) is 2.57. The molecular weight excluding hydrogens is 671 g/mol. The molecule has 2 amide bonds. The summed E-state index contributed by atoms with van der Waals surface area (Å²) in [5, 5.41) is 2.55. The van der Waals surface area contributed by atoms with Gasteiger partial charge in [-0.1, -0.05) is 72.2 Å². The van der Waals surface area contributed by atoms with Crippen LogP contribution in [0.4, 0.5) is 11.4 Å². The van der Waals surface area contributed by atoms with Crippen molar-refractivity contribution >= 4 is 50.7 Å². The van der Waals surface area contributed by atoms with Crippen LogP contribution in [0.1, 0.15) is 0 Å². The number of anilines is 2. The molecule has 2 aromatic rings. The second-order valence-corrected chi connectivity index (χ2v) is 17.1. The third-order valence-electron chi connectivity index (χ3n) is 5.25. The van der Waals surface area contributed by atoms with Gasteiger partial charge >= 0.3 is 0 Å². The van der Waals surface area contributed by atoms with Crippen LogP contribution in [0.3, 0.4) is 0 Å². The van der Waals surface area contributed by atoms with E-state index < -0.39 is 16.1 Å². The normalized spacial score (nSPS) is 10.5. The van der Waals surface area contributed by atoms with Crippen LogP contribution in [0, 0.1) is 0 Å². The molecule has 31 heavy (non-hydrogen) atoms. The molecule has 0 unspecified atom stereocenters. The van der Waals surface area contributed by atoms with Gasteiger partial charge in [0.2, 0.25) is 0 Å². The average Bonchev–Trinajstić information content (AvgIpc) is 2.78. The van der Waals surface area contributed by atoms with Crippen molar-refractivity contribution in [1.82, 2.24) is 0 Å². The maximum absolute atomic E-state index is 10.5. The zero-order valence-corrected chi connectivity index (χ0v) is 28.0. The van der Waals surface area contributed by atoms with E-state index in [1.165, 1.54) is 20.2 Å². The summed E-state index contributed by atoms with van der Waals surface area (Å²) in [6.45, 7) is 16.7. The van der Waals surface area contributed by atoms with Crippen LogP contribution in [-0.2, 0) is 9.59 Å². The van der Waals surface area contributed by atoms with Crippen molar-refractivity contribution < 1.29 is 9.59 Å². The van der Waals surface area contributed by atoms with Gasteiger partial charge in [0.15, 0.2) is 0 Å². The Labute approximate surface area is 183 Å². The minimum atomic E-state index is -1.54. The van der Waals surface area contributed by atoms with E-state index in [4.69, 9.17) is 0 Å². The maximum atomic E-state index is 10.5. The molecule has 0 heterocycles. The van der Waals surface area contributed by atoms with Crippen LogP contribution in [-0.4, -0.2) is 43.1 Å². The number of carbonyl (C=O) groups excluding carboxylic acids is 2. The molecule has 7 heteroatoms. The van der Waals surface area contributed by atoms with Crippen molar-refractivity contribution in [3.63, 3.8) is 0 Å².